The molecule has 0 unspecified atom stereocenters. The topological polar surface area (TPSA) is 91.2 Å². The molecule has 3 aromatic heterocycles. The van der Waals surface area contributed by atoms with Gasteiger partial charge in [-0.15, -0.1) is 11.3 Å². The van der Waals surface area contributed by atoms with Crippen molar-refractivity contribution in [3.8, 4) is 0 Å². The number of carbonyl (C=O) groups excluding carboxylic acids is 1. The normalized spacial score (nSPS) is 16.8. The highest BCUT2D eigenvalue weighted by Crippen LogP contribution is 2.35. The maximum atomic E-state index is 13.0. The summed E-state index contributed by atoms with van der Waals surface area (Å²) < 4.78 is 0. The molecule has 4 heterocycles. The molecule has 0 bridgehead atoms. The number of hydrogen-bond donors (Lipinski definition) is 2. The van der Waals surface area contributed by atoms with Gasteiger partial charge in [0, 0.05) is 12.7 Å². The first-order valence-electron chi connectivity index (χ1n) is 8.98. The van der Waals surface area contributed by atoms with E-state index in [4.69, 9.17) is 0 Å². The fourth-order valence-corrected chi connectivity index (χ4v) is 4.61. The minimum absolute atomic E-state index is 0.00632. The number of aryl methyl sites for hydroxylation is 1. The van der Waals surface area contributed by atoms with E-state index in [1.54, 1.807) is 11.1 Å². The second-order valence-corrected chi connectivity index (χ2v) is 7.61. The Morgan fingerprint density at radius 3 is 3.04 bits per heavy atom. The van der Waals surface area contributed by atoms with Crippen molar-refractivity contribution in [1.82, 2.24) is 19.9 Å². The van der Waals surface area contributed by atoms with Gasteiger partial charge in [0.2, 0.25) is 0 Å². The first kappa shape index (κ1) is 17.8. The zero-order valence-electron chi connectivity index (χ0n) is 15.1. The second-order valence-electron chi connectivity index (χ2n) is 6.61. The van der Waals surface area contributed by atoms with Crippen molar-refractivity contribution < 1.29 is 9.90 Å². The number of nitrogens with one attached hydrogen (secondary N) is 1. The third-order valence-corrected chi connectivity index (χ3v) is 6.12. The van der Waals surface area contributed by atoms with Crippen molar-refractivity contribution in [2.75, 3.05) is 18.5 Å². The minimum atomic E-state index is -0.0880. The Labute approximate surface area is 161 Å². The number of likely N-dealkylation sites (tertiary alicyclic amines) is 1. The number of carbonyl (C=O) groups is 1. The Morgan fingerprint density at radius 2 is 2.26 bits per heavy atom. The van der Waals surface area contributed by atoms with Crippen LogP contribution in [-0.4, -0.2) is 50.1 Å². The van der Waals surface area contributed by atoms with E-state index in [0.717, 1.165) is 34.3 Å². The number of rotatable bonds is 5. The summed E-state index contributed by atoms with van der Waals surface area (Å²) in [5.41, 5.74) is 1.80. The van der Waals surface area contributed by atoms with E-state index in [-0.39, 0.29) is 18.6 Å². The molecule has 3 aromatic rings. The smallest absolute Gasteiger partial charge is 0.264 e. The predicted octanol–water partition coefficient (Wildman–Crippen LogP) is 2.60. The van der Waals surface area contributed by atoms with E-state index >= 15 is 0 Å². The third kappa shape index (κ3) is 3.38. The molecule has 4 rings (SSSR count). The van der Waals surface area contributed by atoms with E-state index in [0.29, 0.717) is 23.8 Å². The van der Waals surface area contributed by atoms with Crippen LogP contribution in [0.1, 0.15) is 33.8 Å². The van der Waals surface area contributed by atoms with Crippen LogP contribution in [0.4, 0.5) is 5.82 Å². The Kier molecular flexibility index (Phi) is 5.00. The van der Waals surface area contributed by atoms with E-state index in [2.05, 4.69) is 20.3 Å². The fraction of sp³-hybridized carbons (Fsp3) is 0.368. The summed E-state index contributed by atoms with van der Waals surface area (Å²) in [4.78, 5) is 29.3. The second kappa shape index (κ2) is 7.58. The summed E-state index contributed by atoms with van der Waals surface area (Å²) in [6.45, 7) is 3.18. The van der Waals surface area contributed by atoms with Crippen molar-refractivity contribution in [3.05, 3.63) is 46.9 Å². The van der Waals surface area contributed by atoms with Gasteiger partial charge in [-0.3, -0.25) is 9.78 Å². The summed E-state index contributed by atoms with van der Waals surface area (Å²) in [5, 5.41) is 13.7. The number of nitrogens with zero attached hydrogens (tertiary/aromatic N) is 4. The highest BCUT2D eigenvalue weighted by molar-refractivity contribution is 7.20. The molecule has 1 amide bonds. The maximum Gasteiger partial charge on any atom is 0.264 e. The summed E-state index contributed by atoms with van der Waals surface area (Å²) >= 11 is 1.39. The number of amides is 1. The molecule has 7 nitrogen and oxygen atoms in total. The number of anilines is 1. The van der Waals surface area contributed by atoms with Gasteiger partial charge in [-0.25, -0.2) is 9.97 Å². The molecular formula is C19H21N5O2S. The number of fused-ring (bicyclic) bond motifs is 1. The van der Waals surface area contributed by atoms with Crippen molar-refractivity contribution in [2.24, 2.45) is 0 Å². The Hall–Kier alpha value is -2.58. The van der Waals surface area contributed by atoms with Crippen molar-refractivity contribution in [3.63, 3.8) is 0 Å². The maximum absolute atomic E-state index is 13.0. The van der Waals surface area contributed by atoms with Gasteiger partial charge >= 0.3 is 0 Å². The van der Waals surface area contributed by atoms with Crippen LogP contribution in [0.2, 0.25) is 0 Å². The Bertz CT molecular complexity index is 959. The van der Waals surface area contributed by atoms with E-state index in [1.165, 1.54) is 17.7 Å². The van der Waals surface area contributed by atoms with E-state index < -0.39 is 0 Å². The van der Waals surface area contributed by atoms with Gasteiger partial charge in [0.1, 0.15) is 17.0 Å². The van der Waals surface area contributed by atoms with Crippen LogP contribution in [0, 0.1) is 6.92 Å². The molecule has 0 aliphatic carbocycles. The van der Waals surface area contributed by atoms with Crippen molar-refractivity contribution >= 4 is 33.3 Å². The third-order valence-electron chi connectivity index (χ3n) is 4.93. The quantitative estimate of drug-likeness (QED) is 0.704. The molecule has 1 fully saturated rings. The summed E-state index contributed by atoms with van der Waals surface area (Å²) in [5.74, 6) is 0.682. The van der Waals surface area contributed by atoms with Crippen LogP contribution < -0.4 is 5.32 Å². The first-order chi connectivity index (χ1) is 13.2. The number of aliphatic hydroxyl groups is 1. The van der Waals surface area contributed by atoms with Gasteiger partial charge < -0.3 is 15.3 Å². The van der Waals surface area contributed by atoms with E-state index in [9.17, 15) is 9.90 Å². The molecule has 0 spiro atoms. The summed E-state index contributed by atoms with van der Waals surface area (Å²) in [6, 6.07) is 5.68. The predicted molar refractivity (Wildman–Crippen MR) is 105 cm³/mol. The Balaban J connectivity index is 1.64. The van der Waals surface area contributed by atoms with Crippen LogP contribution >= 0.6 is 11.3 Å². The number of aliphatic hydroxyl groups excluding tert-OH is 1. The summed E-state index contributed by atoms with van der Waals surface area (Å²) in [6.07, 6.45) is 5.05. The fourth-order valence-electron chi connectivity index (χ4n) is 3.51. The van der Waals surface area contributed by atoms with Crippen LogP contribution in [0.15, 0.2) is 30.7 Å². The highest BCUT2D eigenvalue weighted by atomic mass is 32.1. The standard InChI is InChI=1S/C19H21N5O2S/c1-12-15-17(21-9-13-5-2-3-7-20-13)22-11-23-18(15)27-16(12)19(26)24-8-4-6-14(24)10-25/h2-3,5,7,11,14,25H,4,6,8-10H2,1H3,(H,21,22,23)/t14-/m0/s1. The lowest BCUT2D eigenvalue weighted by molar-refractivity contribution is 0.0682. The minimum Gasteiger partial charge on any atom is -0.394 e. The average Bonchev–Trinajstić information content (AvgIpc) is 3.31. The molecule has 1 aliphatic heterocycles. The Morgan fingerprint density at radius 1 is 1.37 bits per heavy atom. The molecule has 8 heteroatoms. The molecule has 1 aliphatic rings. The van der Waals surface area contributed by atoms with Gasteiger partial charge in [-0.05, 0) is 37.5 Å². The van der Waals surface area contributed by atoms with Crippen molar-refractivity contribution in [2.45, 2.75) is 32.4 Å². The van der Waals surface area contributed by atoms with Gasteiger partial charge in [-0.1, -0.05) is 6.07 Å². The molecule has 2 N–H and O–H groups in total. The highest BCUT2D eigenvalue weighted by Gasteiger charge is 2.31. The molecule has 1 atom stereocenters. The van der Waals surface area contributed by atoms with Crippen LogP contribution in [0.3, 0.4) is 0 Å². The van der Waals surface area contributed by atoms with E-state index in [1.807, 2.05) is 25.1 Å². The molecule has 0 aromatic carbocycles. The zero-order valence-corrected chi connectivity index (χ0v) is 15.9. The van der Waals surface area contributed by atoms with Gasteiger partial charge in [-0.2, -0.15) is 0 Å². The lowest BCUT2D eigenvalue weighted by atomic mass is 10.1. The zero-order chi connectivity index (χ0) is 18.8. The van der Waals surface area contributed by atoms with Crippen LogP contribution in [-0.2, 0) is 6.54 Å². The van der Waals surface area contributed by atoms with Crippen LogP contribution in [0.5, 0.6) is 0 Å². The van der Waals surface area contributed by atoms with Crippen LogP contribution in [0.25, 0.3) is 10.2 Å². The van der Waals surface area contributed by atoms with Crippen molar-refractivity contribution in [1.29, 1.82) is 0 Å². The lowest BCUT2D eigenvalue weighted by Gasteiger charge is -2.22. The van der Waals surface area contributed by atoms with Gasteiger partial charge in [0.15, 0.2) is 0 Å². The number of pyridine rings is 1. The van der Waals surface area contributed by atoms with Gasteiger partial charge in [0.25, 0.3) is 5.91 Å². The molecule has 140 valence electrons. The molecule has 0 saturated carbocycles. The number of thiophene rings is 1. The summed E-state index contributed by atoms with van der Waals surface area (Å²) in [7, 11) is 0. The lowest BCUT2D eigenvalue weighted by Crippen LogP contribution is -2.37. The molecule has 0 radical (unpaired) electrons. The number of aromatic nitrogens is 3. The SMILES string of the molecule is Cc1c(C(=O)N2CCC[C@H]2CO)sc2ncnc(NCc3ccccn3)c12. The number of hydrogen-bond acceptors (Lipinski definition) is 7. The largest absolute Gasteiger partial charge is 0.394 e. The monoisotopic (exact) mass is 383 g/mol. The molecular weight excluding hydrogens is 362 g/mol. The van der Waals surface area contributed by atoms with Gasteiger partial charge in [0.05, 0.1) is 35.2 Å². The first-order valence-corrected chi connectivity index (χ1v) is 9.80. The average molecular weight is 383 g/mol. The molecule has 1 saturated heterocycles. The molecule has 27 heavy (non-hydrogen) atoms.